The maximum absolute atomic E-state index is 12.0. The van der Waals surface area contributed by atoms with Crippen LogP contribution in [0.1, 0.15) is 5.69 Å². The number of benzene rings is 1. The minimum Gasteiger partial charge on any atom is -0.399 e. The number of sulfonamides is 1. The molecule has 0 saturated heterocycles. The van der Waals surface area contributed by atoms with Crippen LogP contribution in [-0.4, -0.2) is 13.4 Å². The second-order valence-electron chi connectivity index (χ2n) is 3.55. The molecule has 0 atom stereocenters. The Morgan fingerprint density at radius 2 is 1.94 bits per heavy atom. The molecule has 0 saturated carbocycles. The van der Waals surface area contributed by atoms with E-state index in [9.17, 15) is 8.42 Å². The number of nitrogens with one attached hydrogen (secondary N) is 1. The van der Waals surface area contributed by atoms with Gasteiger partial charge < -0.3 is 5.73 Å². The number of aromatic nitrogens is 1. The first-order valence-electron chi connectivity index (χ1n) is 4.90. The monoisotopic (exact) mass is 347 g/mol. The van der Waals surface area contributed by atoms with E-state index in [2.05, 4.69) is 25.6 Å². The minimum atomic E-state index is -3.61. The van der Waals surface area contributed by atoms with E-state index in [-0.39, 0.29) is 4.90 Å². The van der Waals surface area contributed by atoms with Crippen molar-refractivity contribution in [3.8, 4) is 0 Å². The molecule has 0 aliphatic carbocycles. The predicted octanol–water partition coefficient (Wildman–Crippen LogP) is 2.60. The van der Waals surface area contributed by atoms with Crippen LogP contribution in [0.25, 0.3) is 0 Å². The smallest absolute Gasteiger partial charge is 0.263 e. The van der Waals surface area contributed by atoms with E-state index in [1.54, 1.807) is 6.92 Å². The predicted molar refractivity (Wildman–Crippen MR) is 76.2 cm³/mol. The standard InChI is InChI=1S/C10H10BrN3O2S2/c1-6-9(11)17-10(13-6)14-18(15,16)8-4-2-7(12)3-5-8/h2-5H,12H2,1H3,(H,13,14). The summed E-state index contributed by atoms with van der Waals surface area (Å²) in [5, 5.41) is 0.330. The summed E-state index contributed by atoms with van der Waals surface area (Å²) >= 11 is 4.52. The molecule has 0 fully saturated rings. The first-order valence-corrected chi connectivity index (χ1v) is 7.99. The third-order valence-corrected chi connectivity index (χ3v) is 5.56. The van der Waals surface area contributed by atoms with Gasteiger partial charge in [0.15, 0.2) is 5.13 Å². The Kier molecular flexibility index (Phi) is 3.60. The van der Waals surface area contributed by atoms with E-state index in [1.165, 1.54) is 35.6 Å². The normalized spacial score (nSPS) is 11.4. The van der Waals surface area contributed by atoms with Crippen molar-refractivity contribution in [2.45, 2.75) is 11.8 Å². The van der Waals surface area contributed by atoms with Crippen molar-refractivity contribution < 1.29 is 8.42 Å². The largest absolute Gasteiger partial charge is 0.399 e. The highest BCUT2D eigenvalue weighted by atomic mass is 79.9. The summed E-state index contributed by atoms with van der Waals surface area (Å²) in [4.78, 5) is 4.25. The summed E-state index contributed by atoms with van der Waals surface area (Å²) in [5.74, 6) is 0. The number of rotatable bonds is 3. The van der Waals surface area contributed by atoms with Crippen molar-refractivity contribution in [3.63, 3.8) is 0 Å². The van der Waals surface area contributed by atoms with Crippen LogP contribution < -0.4 is 10.5 Å². The van der Waals surface area contributed by atoms with Gasteiger partial charge >= 0.3 is 0 Å². The highest BCUT2D eigenvalue weighted by Gasteiger charge is 2.16. The molecule has 1 aromatic heterocycles. The fourth-order valence-electron chi connectivity index (χ4n) is 1.24. The zero-order valence-corrected chi connectivity index (χ0v) is 12.6. The van der Waals surface area contributed by atoms with Crippen LogP contribution in [0.3, 0.4) is 0 Å². The van der Waals surface area contributed by atoms with Gasteiger partial charge in [0.05, 0.1) is 14.4 Å². The Bertz CT molecular complexity index is 645. The molecule has 0 unspecified atom stereocenters. The second kappa shape index (κ2) is 4.87. The Labute approximate surface area is 117 Å². The Balaban J connectivity index is 2.29. The van der Waals surface area contributed by atoms with Gasteiger partial charge in [-0.15, -0.1) is 0 Å². The Morgan fingerprint density at radius 1 is 1.33 bits per heavy atom. The summed E-state index contributed by atoms with van der Waals surface area (Å²) in [6.45, 7) is 1.79. The van der Waals surface area contributed by atoms with Crippen molar-refractivity contribution in [2.75, 3.05) is 10.5 Å². The molecule has 0 bridgehead atoms. The van der Waals surface area contributed by atoms with Gasteiger partial charge in [0.1, 0.15) is 0 Å². The quantitative estimate of drug-likeness (QED) is 0.835. The topological polar surface area (TPSA) is 85.1 Å². The average molecular weight is 348 g/mol. The summed E-state index contributed by atoms with van der Waals surface area (Å²) in [6, 6.07) is 5.98. The lowest BCUT2D eigenvalue weighted by Crippen LogP contribution is -2.12. The molecule has 2 rings (SSSR count). The first kappa shape index (κ1) is 13.3. The van der Waals surface area contributed by atoms with Gasteiger partial charge in [-0.3, -0.25) is 4.72 Å². The fourth-order valence-corrected chi connectivity index (χ4v) is 3.72. The molecule has 8 heteroatoms. The van der Waals surface area contributed by atoms with Gasteiger partial charge in [-0.2, -0.15) is 0 Å². The zero-order chi connectivity index (χ0) is 13.3. The zero-order valence-electron chi connectivity index (χ0n) is 9.34. The molecule has 96 valence electrons. The summed E-state index contributed by atoms with van der Waals surface area (Å²) < 4.78 is 27.3. The van der Waals surface area contributed by atoms with Gasteiger partial charge in [-0.05, 0) is 47.1 Å². The molecule has 1 heterocycles. The van der Waals surface area contributed by atoms with Crippen LogP contribution in [0.5, 0.6) is 0 Å². The number of hydrogen-bond acceptors (Lipinski definition) is 5. The number of aryl methyl sites for hydroxylation is 1. The van der Waals surface area contributed by atoms with Crippen LogP contribution in [0.4, 0.5) is 10.8 Å². The molecule has 0 radical (unpaired) electrons. The SMILES string of the molecule is Cc1nc(NS(=O)(=O)c2ccc(N)cc2)sc1Br. The van der Waals surface area contributed by atoms with E-state index in [0.717, 1.165) is 9.48 Å². The molecule has 0 aliphatic rings. The highest BCUT2D eigenvalue weighted by molar-refractivity contribution is 9.11. The van der Waals surface area contributed by atoms with Gasteiger partial charge in [-0.25, -0.2) is 13.4 Å². The molecule has 1 aromatic carbocycles. The summed E-state index contributed by atoms with van der Waals surface area (Å²) in [6.07, 6.45) is 0. The van der Waals surface area contributed by atoms with Gasteiger partial charge in [0.25, 0.3) is 10.0 Å². The molecular weight excluding hydrogens is 338 g/mol. The number of nitrogens with two attached hydrogens (primary N) is 1. The lowest BCUT2D eigenvalue weighted by Gasteiger charge is -2.04. The van der Waals surface area contributed by atoms with Crippen molar-refractivity contribution in [1.29, 1.82) is 0 Å². The number of halogens is 1. The number of anilines is 2. The first-order chi connectivity index (χ1) is 8.38. The number of hydrogen-bond donors (Lipinski definition) is 2. The molecule has 0 amide bonds. The Hall–Kier alpha value is -1.12. The van der Waals surface area contributed by atoms with Crippen LogP contribution in [-0.2, 0) is 10.0 Å². The molecular formula is C10H10BrN3O2S2. The molecule has 2 aromatic rings. The number of nitrogens with zero attached hydrogens (tertiary/aromatic N) is 1. The van der Waals surface area contributed by atoms with Crippen LogP contribution in [0.2, 0.25) is 0 Å². The minimum absolute atomic E-state index is 0.153. The lowest BCUT2D eigenvalue weighted by atomic mass is 10.3. The molecule has 0 spiro atoms. The maximum atomic E-state index is 12.0. The fraction of sp³-hybridized carbons (Fsp3) is 0.100. The molecule has 0 aliphatic heterocycles. The summed E-state index contributed by atoms with van der Waals surface area (Å²) in [5.41, 5.74) is 6.77. The van der Waals surface area contributed by atoms with Crippen molar-refractivity contribution >= 4 is 48.1 Å². The van der Waals surface area contributed by atoms with Crippen LogP contribution in [0.15, 0.2) is 32.9 Å². The number of nitrogen functional groups attached to an aromatic ring is 1. The van der Waals surface area contributed by atoms with Gasteiger partial charge in [0.2, 0.25) is 0 Å². The third kappa shape index (κ3) is 2.82. The molecule has 3 N–H and O–H groups in total. The molecule has 18 heavy (non-hydrogen) atoms. The lowest BCUT2D eigenvalue weighted by molar-refractivity contribution is 0.601. The van der Waals surface area contributed by atoms with Crippen molar-refractivity contribution in [1.82, 2.24) is 4.98 Å². The van der Waals surface area contributed by atoms with Crippen LogP contribution >= 0.6 is 27.3 Å². The van der Waals surface area contributed by atoms with Gasteiger partial charge in [-0.1, -0.05) is 11.3 Å². The second-order valence-corrected chi connectivity index (χ2v) is 7.55. The molecule has 5 nitrogen and oxygen atoms in total. The van der Waals surface area contributed by atoms with E-state index in [0.29, 0.717) is 10.8 Å². The van der Waals surface area contributed by atoms with Crippen molar-refractivity contribution in [2.24, 2.45) is 0 Å². The number of thiazole rings is 1. The average Bonchev–Trinajstić information content (AvgIpc) is 2.57. The van der Waals surface area contributed by atoms with E-state index >= 15 is 0 Å². The van der Waals surface area contributed by atoms with E-state index in [4.69, 9.17) is 5.73 Å². The van der Waals surface area contributed by atoms with Gasteiger partial charge in [0, 0.05) is 5.69 Å². The Morgan fingerprint density at radius 3 is 2.44 bits per heavy atom. The van der Waals surface area contributed by atoms with Crippen molar-refractivity contribution in [3.05, 3.63) is 33.7 Å². The van der Waals surface area contributed by atoms with Crippen LogP contribution in [0, 0.1) is 6.92 Å². The van der Waals surface area contributed by atoms with E-state index in [1.807, 2.05) is 0 Å². The highest BCUT2D eigenvalue weighted by Crippen LogP contribution is 2.29. The summed E-state index contributed by atoms with van der Waals surface area (Å²) in [7, 11) is -3.61. The third-order valence-electron chi connectivity index (χ3n) is 2.15. The van der Waals surface area contributed by atoms with E-state index < -0.39 is 10.0 Å². The maximum Gasteiger partial charge on any atom is 0.263 e.